The molecule has 1 amide bonds. The van der Waals surface area contributed by atoms with Crippen LogP contribution < -0.4 is 14.8 Å². The molecule has 0 saturated carbocycles. The molecule has 0 spiro atoms. The second-order valence-corrected chi connectivity index (χ2v) is 5.13. The van der Waals surface area contributed by atoms with Gasteiger partial charge in [-0.3, -0.25) is 4.79 Å². The molecule has 128 valence electrons. The van der Waals surface area contributed by atoms with Gasteiger partial charge in [0.2, 0.25) is 0 Å². The molecule has 0 aliphatic carbocycles. The molecule has 2 rings (SSSR count). The molecule has 0 aliphatic heterocycles. The topological polar surface area (TPSA) is 47.6 Å². The molecular weight excluding hydrogens is 316 g/mol. The lowest BCUT2D eigenvalue weighted by Gasteiger charge is -2.09. The summed E-state index contributed by atoms with van der Waals surface area (Å²) in [5.41, 5.74) is 0.917. The highest BCUT2D eigenvalue weighted by Crippen LogP contribution is 2.15. The van der Waals surface area contributed by atoms with E-state index < -0.39 is 11.6 Å². The van der Waals surface area contributed by atoms with Crippen molar-refractivity contribution in [3.05, 3.63) is 59.7 Å². The van der Waals surface area contributed by atoms with E-state index in [-0.39, 0.29) is 18.3 Å². The van der Waals surface area contributed by atoms with Crippen molar-refractivity contribution in [2.24, 2.45) is 0 Å². The van der Waals surface area contributed by atoms with E-state index in [1.165, 1.54) is 6.07 Å². The molecule has 0 saturated heterocycles. The molecule has 0 fully saturated rings. The zero-order valence-electron chi connectivity index (χ0n) is 13.4. The van der Waals surface area contributed by atoms with Gasteiger partial charge in [-0.05, 0) is 36.2 Å². The molecule has 6 heteroatoms. The Hall–Kier alpha value is -2.63. The molecular formula is C18H19F2NO3. The molecule has 0 bridgehead atoms. The zero-order valence-corrected chi connectivity index (χ0v) is 13.4. The average molecular weight is 335 g/mol. The number of hydrogen-bond acceptors (Lipinski definition) is 3. The first-order valence-electron chi connectivity index (χ1n) is 7.64. The minimum atomic E-state index is -1.02. The van der Waals surface area contributed by atoms with E-state index >= 15 is 0 Å². The Bertz CT molecular complexity index is 674. The maximum Gasteiger partial charge on any atom is 0.258 e. The third kappa shape index (κ3) is 5.53. The summed E-state index contributed by atoms with van der Waals surface area (Å²) in [5.74, 6) is -1.45. The van der Waals surface area contributed by atoms with Crippen LogP contribution in [0.4, 0.5) is 8.78 Å². The monoisotopic (exact) mass is 335 g/mol. The van der Waals surface area contributed by atoms with Crippen LogP contribution in [0.1, 0.15) is 18.9 Å². The summed E-state index contributed by atoms with van der Waals surface area (Å²) >= 11 is 0. The molecule has 4 nitrogen and oxygen atoms in total. The highest BCUT2D eigenvalue weighted by molar-refractivity contribution is 5.77. The number of halogens is 2. The highest BCUT2D eigenvalue weighted by atomic mass is 19.2. The van der Waals surface area contributed by atoms with E-state index in [1.807, 2.05) is 31.2 Å². The quantitative estimate of drug-likeness (QED) is 0.804. The Balaban J connectivity index is 1.75. The molecule has 2 aromatic rings. The fourth-order valence-electron chi connectivity index (χ4n) is 1.89. The first-order chi connectivity index (χ1) is 11.6. The lowest BCUT2D eigenvalue weighted by molar-refractivity contribution is -0.123. The number of ether oxygens (including phenoxy) is 2. The fraction of sp³-hybridized carbons (Fsp3) is 0.278. The Kier molecular flexibility index (Phi) is 6.54. The Morgan fingerprint density at radius 1 is 1.00 bits per heavy atom. The van der Waals surface area contributed by atoms with Crippen molar-refractivity contribution >= 4 is 5.91 Å². The van der Waals surface area contributed by atoms with Crippen molar-refractivity contribution in [3.63, 3.8) is 0 Å². The maximum absolute atomic E-state index is 13.0. The molecule has 0 radical (unpaired) electrons. The number of hydrogen-bond donors (Lipinski definition) is 1. The Morgan fingerprint density at radius 2 is 1.71 bits per heavy atom. The van der Waals surface area contributed by atoms with Gasteiger partial charge in [-0.15, -0.1) is 0 Å². The first kappa shape index (κ1) is 17.7. The lowest BCUT2D eigenvalue weighted by atomic mass is 10.2. The van der Waals surface area contributed by atoms with Gasteiger partial charge in [-0.25, -0.2) is 8.78 Å². The van der Waals surface area contributed by atoms with Crippen LogP contribution in [-0.2, 0) is 11.3 Å². The van der Waals surface area contributed by atoms with Crippen molar-refractivity contribution in [1.29, 1.82) is 0 Å². The number of nitrogens with one attached hydrogen (secondary N) is 1. The predicted molar refractivity (Wildman–Crippen MR) is 85.9 cm³/mol. The van der Waals surface area contributed by atoms with E-state index in [9.17, 15) is 13.6 Å². The summed E-state index contributed by atoms with van der Waals surface area (Å²) in [5, 5.41) is 2.69. The third-order valence-corrected chi connectivity index (χ3v) is 3.15. The largest absolute Gasteiger partial charge is 0.494 e. The molecule has 0 unspecified atom stereocenters. The smallest absolute Gasteiger partial charge is 0.258 e. The molecule has 1 N–H and O–H groups in total. The summed E-state index contributed by atoms with van der Waals surface area (Å²) in [6.07, 6.45) is 0.940. The third-order valence-electron chi connectivity index (χ3n) is 3.15. The van der Waals surface area contributed by atoms with Crippen LogP contribution in [0, 0.1) is 11.6 Å². The van der Waals surface area contributed by atoms with Crippen molar-refractivity contribution in [2.75, 3.05) is 13.2 Å². The van der Waals surface area contributed by atoms with Crippen LogP contribution in [-0.4, -0.2) is 19.1 Å². The second kappa shape index (κ2) is 8.86. The number of carbonyl (C=O) groups is 1. The van der Waals surface area contributed by atoms with Crippen molar-refractivity contribution < 1.29 is 23.0 Å². The van der Waals surface area contributed by atoms with E-state index in [0.717, 1.165) is 29.9 Å². The number of amides is 1. The van der Waals surface area contributed by atoms with Crippen molar-refractivity contribution in [3.8, 4) is 11.5 Å². The van der Waals surface area contributed by atoms with Crippen molar-refractivity contribution in [1.82, 2.24) is 5.32 Å². The van der Waals surface area contributed by atoms with Crippen LogP contribution in [0.15, 0.2) is 42.5 Å². The molecule has 0 heterocycles. The van der Waals surface area contributed by atoms with Gasteiger partial charge in [0.1, 0.15) is 11.5 Å². The van der Waals surface area contributed by atoms with E-state index in [1.54, 1.807) is 0 Å². The maximum atomic E-state index is 13.0. The predicted octanol–water partition coefficient (Wildman–Crippen LogP) is 3.45. The van der Waals surface area contributed by atoms with E-state index in [0.29, 0.717) is 13.2 Å². The normalized spacial score (nSPS) is 10.3. The number of benzene rings is 2. The minimum absolute atomic E-state index is 0.0986. The zero-order chi connectivity index (χ0) is 17.4. The minimum Gasteiger partial charge on any atom is -0.494 e. The summed E-state index contributed by atoms with van der Waals surface area (Å²) in [4.78, 5) is 11.7. The highest BCUT2D eigenvalue weighted by Gasteiger charge is 2.06. The van der Waals surface area contributed by atoms with Gasteiger partial charge in [0.25, 0.3) is 5.91 Å². The average Bonchev–Trinajstić information content (AvgIpc) is 2.60. The summed E-state index contributed by atoms with van der Waals surface area (Å²) in [6, 6.07) is 10.5. The molecule has 2 aromatic carbocycles. The SMILES string of the molecule is CCCOc1ccc(CNC(=O)COc2ccc(F)c(F)c2)cc1. The number of carbonyl (C=O) groups excluding carboxylic acids is 1. The standard InChI is InChI=1S/C18H19F2NO3/c1-2-9-23-14-5-3-13(4-6-14)11-21-18(22)12-24-15-7-8-16(19)17(20)10-15/h3-8,10H,2,9,11-12H2,1H3,(H,21,22). The summed E-state index contributed by atoms with van der Waals surface area (Å²) in [6.45, 7) is 2.76. The molecule has 0 aromatic heterocycles. The van der Waals surface area contributed by atoms with Crippen LogP contribution in [0.2, 0.25) is 0 Å². The van der Waals surface area contributed by atoms with Gasteiger partial charge < -0.3 is 14.8 Å². The van der Waals surface area contributed by atoms with Crippen LogP contribution >= 0.6 is 0 Å². The lowest BCUT2D eigenvalue weighted by Crippen LogP contribution is -2.28. The van der Waals surface area contributed by atoms with Gasteiger partial charge in [-0.2, -0.15) is 0 Å². The summed E-state index contributed by atoms with van der Waals surface area (Å²) in [7, 11) is 0. The van der Waals surface area contributed by atoms with Crippen molar-refractivity contribution in [2.45, 2.75) is 19.9 Å². The number of rotatable bonds is 8. The summed E-state index contributed by atoms with van der Waals surface area (Å²) < 4.78 is 36.4. The molecule has 0 atom stereocenters. The van der Waals surface area contributed by atoms with E-state index in [4.69, 9.17) is 9.47 Å². The van der Waals surface area contributed by atoms with Crippen LogP contribution in [0.3, 0.4) is 0 Å². The van der Waals surface area contributed by atoms with Crippen LogP contribution in [0.25, 0.3) is 0 Å². The van der Waals surface area contributed by atoms with Gasteiger partial charge >= 0.3 is 0 Å². The fourth-order valence-corrected chi connectivity index (χ4v) is 1.89. The first-order valence-corrected chi connectivity index (χ1v) is 7.64. The van der Waals surface area contributed by atoms with Gasteiger partial charge in [0.15, 0.2) is 18.2 Å². The van der Waals surface area contributed by atoms with Crippen LogP contribution in [0.5, 0.6) is 11.5 Å². The van der Waals surface area contributed by atoms with Gasteiger partial charge in [0, 0.05) is 12.6 Å². The van der Waals surface area contributed by atoms with Gasteiger partial charge in [-0.1, -0.05) is 19.1 Å². The second-order valence-electron chi connectivity index (χ2n) is 5.13. The van der Waals surface area contributed by atoms with Gasteiger partial charge in [0.05, 0.1) is 6.61 Å². The Labute approximate surface area is 139 Å². The molecule has 24 heavy (non-hydrogen) atoms. The van der Waals surface area contributed by atoms with E-state index in [2.05, 4.69) is 5.32 Å². The molecule has 0 aliphatic rings. The Morgan fingerprint density at radius 3 is 2.38 bits per heavy atom.